The molecule has 124 valence electrons. The molecule has 1 N–H and O–H groups in total. The molecule has 0 bridgehead atoms. The number of carbonyl (C=O) groups excluding carboxylic acids is 1. The van der Waals surface area contributed by atoms with E-state index in [2.05, 4.69) is 5.32 Å². The van der Waals surface area contributed by atoms with Gasteiger partial charge in [-0.05, 0) is 30.7 Å². The average molecular weight is 343 g/mol. The lowest BCUT2D eigenvalue weighted by Crippen LogP contribution is -2.19. The summed E-state index contributed by atoms with van der Waals surface area (Å²) in [5.74, 6) is 0.157. The van der Waals surface area contributed by atoms with Crippen LogP contribution in [0.25, 0.3) is 10.9 Å². The van der Waals surface area contributed by atoms with Crippen LogP contribution in [0.4, 0.5) is 5.69 Å². The van der Waals surface area contributed by atoms with Crippen LogP contribution in [0.5, 0.6) is 5.75 Å². The van der Waals surface area contributed by atoms with E-state index in [0.717, 1.165) is 16.5 Å². The molecule has 1 amide bonds. The number of carbonyl (C=O) groups is 1. The van der Waals surface area contributed by atoms with Gasteiger partial charge < -0.3 is 14.6 Å². The Kier molecular flexibility index (Phi) is 4.49. The molecule has 1 aromatic heterocycles. The van der Waals surface area contributed by atoms with E-state index < -0.39 is 0 Å². The molecular weight excluding hydrogens is 324 g/mol. The van der Waals surface area contributed by atoms with E-state index in [9.17, 15) is 4.79 Å². The van der Waals surface area contributed by atoms with Crippen molar-refractivity contribution in [2.24, 2.45) is 7.05 Å². The second-order valence-corrected chi connectivity index (χ2v) is 6.20. The number of hydrogen-bond acceptors (Lipinski definition) is 2. The van der Waals surface area contributed by atoms with Gasteiger partial charge in [-0.3, -0.25) is 4.79 Å². The first-order valence-electron chi connectivity index (χ1n) is 7.69. The third kappa shape index (κ3) is 2.97. The van der Waals surface area contributed by atoms with Crippen LogP contribution in [0.1, 0.15) is 18.4 Å². The number of nitrogens with zero attached hydrogens (tertiary/aromatic N) is 1. The van der Waals surface area contributed by atoms with Crippen molar-refractivity contribution < 1.29 is 9.53 Å². The molecule has 1 heterocycles. The smallest absolute Gasteiger partial charge is 0.231 e. The van der Waals surface area contributed by atoms with E-state index in [4.69, 9.17) is 16.3 Å². The molecule has 0 spiro atoms. The van der Waals surface area contributed by atoms with E-state index in [1.165, 1.54) is 0 Å². The summed E-state index contributed by atoms with van der Waals surface area (Å²) in [6.07, 6.45) is 2.01. The van der Waals surface area contributed by atoms with Crippen LogP contribution in [-0.2, 0) is 11.8 Å². The largest absolute Gasteiger partial charge is 0.495 e. The molecule has 1 atom stereocenters. The molecule has 5 heteroatoms. The number of ether oxygens (including phenoxy) is 1. The van der Waals surface area contributed by atoms with Crippen molar-refractivity contribution in [3.63, 3.8) is 0 Å². The van der Waals surface area contributed by atoms with Gasteiger partial charge in [0, 0.05) is 35.2 Å². The molecule has 0 aliphatic carbocycles. The minimum Gasteiger partial charge on any atom is -0.495 e. The number of rotatable bonds is 4. The maximum atomic E-state index is 12.7. The highest BCUT2D eigenvalue weighted by molar-refractivity contribution is 6.30. The maximum Gasteiger partial charge on any atom is 0.231 e. The van der Waals surface area contributed by atoms with Gasteiger partial charge in [-0.25, -0.2) is 0 Å². The molecule has 0 fully saturated rings. The maximum absolute atomic E-state index is 12.7. The normalized spacial score (nSPS) is 12.2. The Balaban J connectivity index is 1.90. The van der Waals surface area contributed by atoms with Crippen LogP contribution in [0, 0.1) is 0 Å². The van der Waals surface area contributed by atoms with Crippen LogP contribution in [-0.4, -0.2) is 17.6 Å². The SMILES string of the molecule is COc1cc(Cl)ccc1NC(=O)C(C)c1cn(C)c2ccccc12. The van der Waals surface area contributed by atoms with Crippen molar-refractivity contribution in [1.29, 1.82) is 0 Å². The number of nitrogens with one attached hydrogen (secondary N) is 1. The molecule has 0 aliphatic rings. The highest BCUT2D eigenvalue weighted by Crippen LogP contribution is 2.31. The van der Waals surface area contributed by atoms with Crippen LogP contribution >= 0.6 is 11.6 Å². The number of aromatic nitrogens is 1. The topological polar surface area (TPSA) is 43.3 Å². The van der Waals surface area contributed by atoms with Gasteiger partial charge in [0.1, 0.15) is 5.75 Å². The lowest BCUT2D eigenvalue weighted by atomic mass is 9.99. The lowest BCUT2D eigenvalue weighted by Gasteiger charge is -2.14. The average Bonchev–Trinajstić information content (AvgIpc) is 2.93. The Morgan fingerprint density at radius 1 is 1.25 bits per heavy atom. The predicted molar refractivity (Wildman–Crippen MR) is 98.0 cm³/mol. The molecule has 0 radical (unpaired) electrons. The zero-order valence-corrected chi connectivity index (χ0v) is 14.6. The lowest BCUT2D eigenvalue weighted by molar-refractivity contribution is -0.117. The van der Waals surface area contributed by atoms with E-state index in [1.54, 1.807) is 25.3 Å². The Hall–Kier alpha value is -2.46. The number of benzene rings is 2. The Morgan fingerprint density at radius 3 is 2.75 bits per heavy atom. The number of fused-ring (bicyclic) bond motifs is 1. The standard InChI is InChI=1S/C19H19ClN2O2/c1-12(15-11-22(2)17-7-5-4-6-14(15)17)19(23)21-16-9-8-13(20)10-18(16)24-3/h4-12H,1-3H3,(H,21,23). The van der Waals surface area contributed by atoms with Crippen molar-refractivity contribution in [2.45, 2.75) is 12.8 Å². The van der Waals surface area contributed by atoms with Gasteiger partial charge in [-0.1, -0.05) is 29.8 Å². The first-order valence-corrected chi connectivity index (χ1v) is 8.07. The molecule has 3 rings (SSSR count). The van der Waals surface area contributed by atoms with Crippen molar-refractivity contribution >= 4 is 34.1 Å². The first kappa shape index (κ1) is 16.4. The highest BCUT2D eigenvalue weighted by Gasteiger charge is 2.21. The molecule has 2 aromatic carbocycles. The summed E-state index contributed by atoms with van der Waals surface area (Å²) in [7, 11) is 3.54. The fourth-order valence-electron chi connectivity index (χ4n) is 2.87. The summed E-state index contributed by atoms with van der Waals surface area (Å²) in [5.41, 5.74) is 2.72. The number of halogens is 1. The van der Waals surface area contributed by atoms with Crippen molar-refractivity contribution in [2.75, 3.05) is 12.4 Å². The van der Waals surface area contributed by atoms with Gasteiger partial charge in [-0.15, -0.1) is 0 Å². The van der Waals surface area contributed by atoms with Gasteiger partial charge in [0.05, 0.1) is 18.7 Å². The fourth-order valence-corrected chi connectivity index (χ4v) is 3.03. The molecule has 24 heavy (non-hydrogen) atoms. The number of methoxy groups -OCH3 is 1. The van der Waals surface area contributed by atoms with E-state index in [0.29, 0.717) is 16.5 Å². The third-order valence-corrected chi connectivity index (χ3v) is 4.44. The second-order valence-electron chi connectivity index (χ2n) is 5.77. The van der Waals surface area contributed by atoms with Crippen molar-refractivity contribution in [3.8, 4) is 5.75 Å². The Morgan fingerprint density at radius 2 is 2.00 bits per heavy atom. The summed E-state index contributed by atoms with van der Waals surface area (Å²) >= 11 is 5.96. The number of aryl methyl sites for hydroxylation is 1. The van der Waals surface area contributed by atoms with Gasteiger partial charge in [0.25, 0.3) is 0 Å². The molecule has 0 saturated heterocycles. The second kappa shape index (κ2) is 6.57. The number of anilines is 1. The number of hydrogen-bond donors (Lipinski definition) is 1. The van der Waals surface area contributed by atoms with Crippen LogP contribution < -0.4 is 10.1 Å². The molecule has 1 unspecified atom stereocenters. The molecule has 0 aliphatic heterocycles. The summed E-state index contributed by atoms with van der Waals surface area (Å²) < 4.78 is 7.32. The van der Waals surface area contributed by atoms with Crippen molar-refractivity contribution in [3.05, 3.63) is 59.2 Å². The Labute approximate surface area is 146 Å². The predicted octanol–water partition coefficient (Wildman–Crippen LogP) is 4.58. The van der Waals surface area contributed by atoms with E-state index in [-0.39, 0.29) is 11.8 Å². The van der Waals surface area contributed by atoms with Gasteiger partial charge >= 0.3 is 0 Å². The van der Waals surface area contributed by atoms with Crippen LogP contribution in [0.2, 0.25) is 5.02 Å². The zero-order valence-electron chi connectivity index (χ0n) is 13.8. The molecule has 3 aromatic rings. The minimum atomic E-state index is -0.295. The van der Waals surface area contributed by atoms with Crippen LogP contribution in [0.15, 0.2) is 48.7 Å². The molecular formula is C19H19ClN2O2. The van der Waals surface area contributed by atoms with Crippen molar-refractivity contribution in [1.82, 2.24) is 4.57 Å². The quantitative estimate of drug-likeness (QED) is 0.754. The third-order valence-electron chi connectivity index (χ3n) is 4.21. The Bertz CT molecular complexity index is 902. The summed E-state index contributed by atoms with van der Waals surface area (Å²) in [5, 5.41) is 4.58. The molecule has 0 saturated carbocycles. The summed E-state index contributed by atoms with van der Waals surface area (Å²) in [6, 6.07) is 13.2. The summed E-state index contributed by atoms with van der Waals surface area (Å²) in [6.45, 7) is 1.90. The monoisotopic (exact) mass is 342 g/mol. The van der Waals surface area contributed by atoms with Gasteiger partial charge in [0.2, 0.25) is 5.91 Å². The molecule has 4 nitrogen and oxygen atoms in total. The van der Waals surface area contributed by atoms with E-state index >= 15 is 0 Å². The number of amides is 1. The fraction of sp³-hybridized carbons (Fsp3) is 0.211. The van der Waals surface area contributed by atoms with Gasteiger partial charge in [0.15, 0.2) is 0 Å². The highest BCUT2D eigenvalue weighted by atomic mass is 35.5. The first-order chi connectivity index (χ1) is 11.5. The van der Waals surface area contributed by atoms with Crippen LogP contribution in [0.3, 0.4) is 0 Å². The summed E-state index contributed by atoms with van der Waals surface area (Å²) in [4.78, 5) is 12.7. The van der Waals surface area contributed by atoms with E-state index in [1.807, 2.05) is 49.0 Å². The number of para-hydroxylation sites is 1. The minimum absolute atomic E-state index is 0.0908. The zero-order chi connectivity index (χ0) is 17.3. The van der Waals surface area contributed by atoms with Gasteiger partial charge in [-0.2, -0.15) is 0 Å².